The number of carbonyl (C=O) groups excluding carboxylic acids is 1. The predicted octanol–water partition coefficient (Wildman–Crippen LogP) is 3.27. The Morgan fingerprint density at radius 2 is 1.83 bits per heavy atom. The Morgan fingerprint density at radius 3 is 2.48 bits per heavy atom. The van der Waals surface area contributed by atoms with Crippen molar-refractivity contribution >= 4 is 23.7 Å². The van der Waals surface area contributed by atoms with Gasteiger partial charge in [0, 0.05) is 5.02 Å². The number of rotatable bonds is 6. The first kappa shape index (κ1) is 16.8. The van der Waals surface area contributed by atoms with Gasteiger partial charge in [-0.05, 0) is 36.8 Å². The molecule has 0 saturated carbocycles. The summed E-state index contributed by atoms with van der Waals surface area (Å²) in [5.74, 6) is 0.706. The van der Waals surface area contributed by atoms with Crippen molar-refractivity contribution in [3.63, 3.8) is 0 Å². The number of ether oxygens (including phenoxy) is 2. The van der Waals surface area contributed by atoms with Crippen LogP contribution in [0.4, 0.5) is 0 Å². The lowest BCUT2D eigenvalue weighted by atomic mass is 10.2. The number of nitrogens with one attached hydrogen (secondary N) is 1. The van der Waals surface area contributed by atoms with E-state index in [9.17, 15) is 4.79 Å². The van der Waals surface area contributed by atoms with Crippen LogP contribution in [0.25, 0.3) is 0 Å². The molecule has 0 fully saturated rings. The molecule has 1 atom stereocenters. The summed E-state index contributed by atoms with van der Waals surface area (Å²) >= 11 is 5.80. The smallest absolute Gasteiger partial charge is 0.280 e. The van der Waals surface area contributed by atoms with Gasteiger partial charge in [-0.3, -0.25) is 4.79 Å². The molecule has 1 N–H and O–H groups in total. The van der Waals surface area contributed by atoms with Crippen LogP contribution in [-0.4, -0.2) is 25.3 Å². The second-order valence-electron chi connectivity index (χ2n) is 4.70. The summed E-state index contributed by atoms with van der Waals surface area (Å²) in [7, 11) is 1.54. The Bertz CT molecular complexity index is 686. The molecule has 2 rings (SSSR count). The molecule has 23 heavy (non-hydrogen) atoms. The molecule has 0 aliphatic rings. The zero-order valence-corrected chi connectivity index (χ0v) is 13.6. The van der Waals surface area contributed by atoms with Gasteiger partial charge in [0.15, 0.2) is 17.6 Å². The molecule has 6 heteroatoms. The fraction of sp³-hybridized carbons (Fsp3) is 0.176. The van der Waals surface area contributed by atoms with Crippen molar-refractivity contribution < 1.29 is 14.3 Å². The van der Waals surface area contributed by atoms with Crippen LogP contribution in [-0.2, 0) is 4.79 Å². The van der Waals surface area contributed by atoms with Crippen LogP contribution in [0.3, 0.4) is 0 Å². The largest absolute Gasteiger partial charge is 0.493 e. The first-order valence-electron chi connectivity index (χ1n) is 6.98. The SMILES string of the molecule is COc1ccccc1OC(C)C(=O)N/N=C/c1ccc(Cl)cc1. The standard InChI is InChI=1S/C17H17ClN2O3/c1-12(23-16-6-4-3-5-15(16)22-2)17(21)20-19-11-13-7-9-14(18)10-8-13/h3-12H,1-2H3,(H,20,21)/b19-11+. The highest BCUT2D eigenvalue weighted by Gasteiger charge is 2.15. The number of methoxy groups -OCH3 is 1. The van der Waals surface area contributed by atoms with Crippen LogP contribution < -0.4 is 14.9 Å². The third kappa shape index (κ3) is 5.00. The quantitative estimate of drug-likeness (QED) is 0.652. The van der Waals surface area contributed by atoms with E-state index in [2.05, 4.69) is 10.5 Å². The second kappa shape index (κ2) is 8.19. The molecule has 0 heterocycles. The average Bonchev–Trinajstić information content (AvgIpc) is 2.57. The van der Waals surface area contributed by atoms with Gasteiger partial charge in [0.2, 0.25) is 0 Å². The molecule has 0 spiro atoms. The molecular formula is C17H17ClN2O3. The number of amides is 1. The molecule has 0 aromatic heterocycles. The molecule has 120 valence electrons. The van der Waals surface area contributed by atoms with E-state index >= 15 is 0 Å². The average molecular weight is 333 g/mol. The van der Waals surface area contributed by atoms with Gasteiger partial charge in [-0.15, -0.1) is 0 Å². The Hall–Kier alpha value is -2.53. The summed E-state index contributed by atoms with van der Waals surface area (Å²) in [5.41, 5.74) is 3.26. The van der Waals surface area contributed by atoms with Gasteiger partial charge < -0.3 is 9.47 Å². The van der Waals surface area contributed by atoms with E-state index in [0.29, 0.717) is 16.5 Å². The number of para-hydroxylation sites is 2. The van der Waals surface area contributed by atoms with Gasteiger partial charge in [0.25, 0.3) is 5.91 Å². The number of hydrogen-bond acceptors (Lipinski definition) is 4. The fourth-order valence-corrected chi connectivity index (χ4v) is 1.90. The number of hydrogen-bond donors (Lipinski definition) is 1. The summed E-state index contributed by atoms with van der Waals surface area (Å²) in [6.07, 6.45) is 0.818. The highest BCUT2D eigenvalue weighted by Crippen LogP contribution is 2.26. The maximum atomic E-state index is 12.0. The number of hydrazone groups is 1. The summed E-state index contributed by atoms with van der Waals surface area (Å²) in [6, 6.07) is 14.2. The van der Waals surface area contributed by atoms with E-state index in [1.165, 1.54) is 6.21 Å². The number of carbonyl (C=O) groups is 1. The summed E-state index contributed by atoms with van der Waals surface area (Å²) in [4.78, 5) is 12.0. The maximum Gasteiger partial charge on any atom is 0.280 e. The van der Waals surface area contributed by atoms with Crippen molar-refractivity contribution in [3.8, 4) is 11.5 Å². The number of halogens is 1. The van der Waals surface area contributed by atoms with E-state index in [1.54, 1.807) is 56.5 Å². The van der Waals surface area contributed by atoms with Gasteiger partial charge in [-0.25, -0.2) is 5.43 Å². The Labute approximate surface area is 139 Å². The molecule has 1 amide bonds. The Balaban J connectivity index is 1.91. The molecule has 2 aromatic carbocycles. The minimum atomic E-state index is -0.714. The van der Waals surface area contributed by atoms with Crippen molar-refractivity contribution in [1.82, 2.24) is 5.43 Å². The predicted molar refractivity (Wildman–Crippen MR) is 90.3 cm³/mol. The summed E-state index contributed by atoms with van der Waals surface area (Å²) in [5, 5.41) is 4.54. The van der Waals surface area contributed by atoms with Crippen molar-refractivity contribution in [2.45, 2.75) is 13.0 Å². The van der Waals surface area contributed by atoms with Gasteiger partial charge in [0.05, 0.1) is 13.3 Å². The van der Waals surface area contributed by atoms with Crippen molar-refractivity contribution in [2.24, 2.45) is 5.10 Å². The second-order valence-corrected chi connectivity index (χ2v) is 5.13. The van der Waals surface area contributed by atoms with E-state index in [1.807, 2.05) is 6.07 Å². The van der Waals surface area contributed by atoms with Gasteiger partial charge in [-0.2, -0.15) is 5.10 Å². The van der Waals surface area contributed by atoms with Crippen molar-refractivity contribution in [3.05, 3.63) is 59.1 Å². The zero-order valence-electron chi connectivity index (χ0n) is 12.8. The van der Waals surface area contributed by atoms with Crippen LogP contribution in [0.5, 0.6) is 11.5 Å². The maximum absolute atomic E-state index is 12.0. The lowest BCUT2D eigenvalue weighted by Gasteiger charge is -2.15. The topological polar surface area (TPSA) is 59.9 Å². The normalized spacial score (nSPS) is 12.0. The first-order chi connectivity index (χ1) is 11.1. The van der Waals surface area contributed by atoms with Crippen LogP contribution in [0.15, 0.2) is 53.6 Å². The number of benzene rings is 2. The highest BCUT2D eigenvalue weighted by atomic mass is 35.5. The monoisotopic (exact) mass is 332 g/mol. The first-order valence-corrected chi connectivity index (χ1v) is 7.36. The van der Waals surface area contributed by atoms with E-state index < -0.39 is 6.10 Å². The minimum absolute atomic E-state index is 0.360. The minimum Gasteiger partial charge on any atom is -0.493 e. The van der Waals surface area contributed by atoms with Crippen molar-refractivity contribution in [2.75, 3.05) is 7.11 Å². The molecule has 0 radical (unpaired) electrons. The number of nitrogens with zero attached hydrogens (tertiary/aromatic N) is 1. The van der Waals surface area contributed by atoms with Crippen LogP contribution in [0, 0.1) is 0 Å². The molecule has 0 bridgehead atoms. The molecule has 0 aliphatic carbocycles. The Morgan fingerprint density at radius 1 is 1.17 bits per heavy atom. The molecule has 1 unspecified atom stereocenters. The van der Waals surface area contributed by atoms with Crippen LogP contribution in [0.1, 0.15) is 12.5 Å². The summed E-state index contributed by atoms with van der Waals surface area (Å²) < 4.78 is 10.8. The van der Waals surface area contributed by atoms with E-state index in [0.717, 1.165) is 5.56 Å². The van der Waals surface area contributed by atoms with Crippen LogP contribution in [0.2, 0.25) is 5.02 Å². The van der Waals surface area contributed by atoms with Crippen LogP contribution >= 0.6 is 11.6 Å². The lowest BCUT2D eigenvalue weighted by Crippen LogP contribution is -2.33. The molecule has 0 aliphatic heterocycles. The third-order valence-electron chi connectivity index (χ3n) is 3.00. The molecule has 2 aromatic rings. The fourth-order valence-electron chi connectivity index (χ4n) is 1.77. The highest BCUT2D eigenvalue weighted by molar-refractivity contribution is 6.30. The van der Waals surface area contributed by atoms with Crippen molar-refractivity contribution in [1.29, 1.82) is 0 Å². The molecule has 5 nitrogen and oxygen atoms in total. The molecular weight excluding hydrogens is 316 g/mol. The van der Waals surface area contributed by atoms with E-state index in [4.69, 9.17) is 21.1 Å². The van der Waals surface area contributed by atoms with Gasteiger partial charge in [-0.1, -0.05) is 35.9 Å². The zero-order chi connectivity index (χ0) is 16.7. The summed E-state index contributed by atoms with van der Waals surface area (Å²) in [6.45, 7) is 1.64. The van der Waals surface area contributed by atoms with E-state index in [-0.39, 0.29) is 5.91 Å². The Kier molecular flexibility index (Phi) is 6.00. The lowest BCUT2D eigenvalue weighted by molar-refractivity contribution is -0.127. The van der Waals surface area contributed by atoms with Gasteiger partial charge >= 0.3 is 0 Å². The third-order valence-corrected chi connectivity index (χ3v) is 3.25. The molecule has 0 saturated heterocycles. The van der Waals surface area contributed by atoms with Gasteiger partial charge in [0.1, 0.15) is 0 Å².